The van der Waals surface area contributed by atoms with E-state index < -0.39 is 63.9 Å². The number of amides is 1. The van der Waals surface area contributed by atoms with E-state index in [1.807, 2.05) is 0 Å². The predicted molar refractivity (Wildman–Crippen MR) is 126 cm³/mol. The Morgan fingerprint density at radius 3 is 2.73 bits per heavy atom. The van der Waals surface area contributed by atoms with Crippen molar-refractivity contribution in [1.29, 1.82) is 0 Å². The summed E-state index contributed by atoms with van der Waals surface area (Å²) in [6.07, 6.45) is -5.31. The molecular weight excluding hydrogens is 562 g/mol. The standard InChI is InChI=1S/C17H25ClN6O11P2/c18-3-10(25)23-2-1-8(4-23)35-37(31,32)7-36(29,30)33-5-9-12(26)13(27)16(34-9)24-6-20-11-14(24)21-17(19)22-15(11)28/h6,8-9,12-13,16,26-27H,1-5,7H2,(H,29,30)(H,31,32)(H3,19,21,22,28). The zero-order valence-electron chi connectivity index (χ0n) is 19.0. The van der Waals surface area contributed by atoms with Crippen molar-refractivity contribution in [1.82, 2.24) is 24.4 Å². The first-order valence-electron chi connectivity index (χ1n) is 10.8. The number of carbonyl (C=O) groups excluding carboxylic acids is 1. The summed E-state index contributed by atoms with van der Waals surface area (Å²) in [5.41, 5.74) is 4.77. The molecule has 4 heterocycles. The molecule has 0 bridgehead atoms. The average molecular weight is 587 g/mol. The van der Waals surface area contributed by atoms with Crippen LogP contribution >= 0.6 is 26.8 Å². The predicted octanol–water partition coefficient (Wildman–Crippen LogP) is -1.48. The first-order valence-corrected chi connectivity index (χ1v) is 14.9. The highest BCUT2D eigenvalue weighted by Gasteiger charge is 2.46. The first kappa shape index (κ1) is 28.1. The van der Waals surface area contributed by atoms with Crippen LogP contribution in [0.15, 0.2) is 11.1 Å². The van der Waals surface area contributed by atoms with E-state index in [4.69, 9.17) is 31.1 Å². The van der Waals surface area contributed by atoms with E-state index in [0.29, 0.717) is 0 Å². The van der Waals surface area contributed by atoms with Gasteiger partial charge in [0.25, 0.3) is 5.56 Å². The molecule has 1 amide bonds. The number of nitrogens with two attached hydrogens (primary N) is 1. The number of nitrogen functional groups attached to an aromatic ring is 1. The number of alkyl halides is 1. The fraction of sp³-hybridized carbons (Fsp3) is 0.647. The lowest BCUT2D eigenvalue weighted by molar-refractivity contribution is -0.127. The van der Waals surface area contributed by atoms with Crippen LogP contribution in [0.1, 0.15) is 12.6 Å². The van der Waals surface area contributed by atoms with Crippen molar-refractivity contribution in [3.05, 3.63) is 16.7 Å². The Morgan fingerprint density at radius 2 is 2.03 bits per heavy atom. The molecule has 206 valence electrons. The molecule has 17 nitrogen and oxygen atoms in total. The van der Waals surface area contributed by atoms with Gasteiger partial charge in [-0.1, -0.05) is 0 Å². The molecule has 7 atom stereocenters. The van der Waals surface area contributed by atoms with Crippen molar-refractivity contribution in [3.8, 4) is 0 Å². The average Bonchev–Trinajstić information content (AvgIpc) is 3.50. The van der Waals surface area contributed by atoms with E-state index >= 15 is 0 Å². The van der Waals surface area contributed by atoms with Crippen molar-refractivity contribution in [2.75, 3.05) is 37.2 Å². The highest BCUT2D eigenvalue weighted by Crippen LogP contribution is 2.59. The number of hydrogen-bond donors (Lipinski definition) is 6. The van der Waals surface area contributed by atoms with Crippen molar-refractivity contribution < 1.29 is 47.7 Å². The summed E-state index contributed by atoms with van der Waals surface area (Å²) >= 11 is 5.49. The Kier molecular flexibility index (Phi) is 8.12. The number of likely N-dealkylation sites (tertiary alicyclic amines) is 1. The monoisotopic (exact) mass is 586 g/mol. The van der Waals surface area contributed by atoms with Crippen LogP contribution in [0.3, 0.4) is 0 Å². The van der Waals surface area contributed by atoms with Crippen molar-refractivity contribution in [2.45, 2.75) is 37.1 Å². The number of anilines is 1. The Balaban J connectivity index is 1.36. The molecule has 2 saturated heterocycles. The summed E-state index contributed by atoms with van der Waals surface area (Å²) in [7, 11) is -9.38. The lowest BCUT2D eigenvalue weighted by Gasteiger charge is -2.21. The van der Waals surface area contributed by atoms with Gasteiger partial charge in [-0.2, -0.15) is 4.98 Å². The van der Waals surface area contributed by atoms with Gasteiger partial charge in [0.2, 0.25) is 11.9 Å². The highest BCUT2D eigenvalue weighted by molar-refractivity contribution is 7.70. The summed E-state index contributed by atoms with van der Waals surface area (Å²) in [6, 6.07) is 0. The third-order valence-electron chi connectivity index (χ3n) is 5.79. The number of imidazole rings is 1. The Hall–Kier alpha value is -1.91. The van der Waals surface area contributed by atoms with Crippen molar-refractivity contribution >= 4 is 49.8 Å². The number of hydrogen-bond acceptors (Lipinski definition) is 12. The number of aliphatic hydroxyl groups excluding tert-OH is 2. The first-order chi connectivity index (χ1) is 17.3. The molecule has 0 radical (unpaired) electrons. The minimum atomic E-state index is -4.75. The third-order valence-corrected chi connectivity index (χ3v) is 10.1. The molecule has 0 aliphatic carbocycles. The number of fused-ring (bicyclic) bond motifs is 1. The lowest BCUT2D eigenvalue weighted by atomic mass is 10.1. The summed E-state index contributed by atoms with van der Waals surface area (Å²) in [4.78, 5) is 55.3. The van der Waals surface area contributed by atoms with E-state index in [2.05, 4.69) is 15.0 Å². The van der Waals surface area contributed by atoms with Gasteiger partial charge in [-0.05, 0) is 6.42 Å². The van der Waals surface area contributed by atoms with Crippen LogP contribution in [0.2, 0.25) is 0 Å². The number of carbonyl (C=O) groups is 1. The molecule has 7 N–H and O–H groups in total. The van der Waals surface area contributed by atoms with Gasteiger partial charge in [0, 0.05) is 13.1 Å². The summed E-state index contributed by atoms with van der Waals surface area (Å²) in [6.45, 7) is -0.483. The Labute approximate surface area is 213 Å². The molecule has 0 aromatic carbocycles. The molecule has 0 spiro atoms. The molecule has 20 heteroatoms. The van der Waals surface area contributed by atoms with Crippen LogP contribution in [0.25, 0.3) is 11.2 Å². The van der Waals surface area contributed by atoms with E-state index in [1.54, 1.807) is 0 Å². The third kappa shape index (κ3) is 6.23. The fourth-order valence-electron chi connectivity index (χ4n) is 4.07. The normalized spacial score (nSPS) is 29.4. The largest absolute Gasteiger partial charge is 0.387 e. The molecule has 7 unspecified atom stereocenters. The number of nitrogens with zero attached hydrogens (tertiary/aromatic N) is 4. The summed E-state index contributed by atoms with van der Waals surface area (Å²) in [5, 5.41) is 20.8. The van der Waals surface area contributed by atoms with Crippen LogP contribution in [0.5, 0.6) is 0 Å². The minimum Gasteiger partial charge on any atom is -0.387 e. The number of rotatable bonds is 9. The molecule has 2 aliphatic rings. The van der Waals surface area contributed by atoms with Crippen molar-refractivity contribution in [2.24, 2.45) is 0 Å². The molecule has 2 aromatic heterocycles. The minimum absolute atomic E-state index is 0.00335. The maximum absolute atomic E-state index is 12.5. The smallest absolute Gasteiger partial charge is 0.340 e. The van der Waals surface area contributed by atoms with Crippen molar-refractivity contribution in [3.63, 3.8) is 0 Å². The molecule has 2 aromatic rings. The molecule has 0 saturated carbocycles. The zero-order valence-corrected chi connectivity index (χ0v) is 21.5. The molecule has 37 heavy (non-hydrogen) atoms. The highest BCUT2D eigenvalue weighted by atomic mass is 35.5. The topological polar surface area (TPSA) is 253 Å². The van der Waals surface area contributed by atoms with Crippen LogP contribution in [-0.4, -0.2) is 106 Å². The van der Waals surface area contributed by atoms with Gasteiger partial charge in [-0.3, -0.25) is 28.3 Å². The van der Waals surface area contributed by atoms with Gasteiger partial charge in [0.1, 0.15) is 24.2 Å². The second-order valence-electron chi connectivity index (χ2n) is 8.52. The van der Waals surface area contributed by atoms with Gasteiger partial charge in [0.05, 0.1) is 19.0 Å². The maximum Gasteiger partial charge on any atom is 0.340 e. The summed E-state index contributed by atoms with van der Waals surface area (Å²) in [5.74, 6) is -2.11. The number of H-pyrrole nitrogens is 1. The van der Waals surface area contributed by atoms with Gasteiger partial charge in [-0.25, -0.2) is 4.98 Å². The van der Waals surface area contributed by atoms with Gasteiger partial charge < -0.3 is 44.4 Å². The van der Waals surface area contributed by atoms with Crippen LogP contribution in [-0.2, 0) is 27.7 Å². The number of aliphatic hydroxyl groups is 2. The number of aromatic nitrogens is 4. The van der Waals surface area contributed by atoms with E-state index in [9.17, 15) is 38.7 Å². The van der Waals surface area contributed by atoms with E-state index in [-0.39, 0.29) is 48.4 Å². The van der Waals surface area contributed by atoms with Gasteiger partial charge >= 0.3 is 15.2 Å². The van der Waals surface area contributed by atoms with Crippen LogP contribution < -0.4 is 11.3 Å². The maximum atomic E-state index is 12.5. The van der Waals surface area contributed by atoms with Gasteiger partial charge in [-0.15, -0.1) is 11.6 Å². The number of halogens is 1. The SMILES string of the molecule is Nc1nc2c(ncn2C2OC(COP(=O)(O)CP(=O)(O)OC3CCN(C(=O)CCl)C3)C(O)C2O)c(=O)[nH]1. The van der Waals surface area contributed by atoms with Crippen LogP contribution in [0.4, 0.5) is 5.95 Å². The van der Waals surface area contributed by atoms with E-state index in [1.165, 1.54) is 4.90 Å². The van der Waals surface area contributed by atoms with Gasteiger partial charge in [0.15, 0.2) is 23.3 Å². The number of nitrogens with one attached hydrogen (secondary N) is 1. The Bertz CT molecular complexity index is 1320. The number of ether oxygens (including phenoxy) is 1. The second-order valence-corrected chi connectivity index (χ2v) is 12.9. The second kappa shape index (κ2) is 10.7. The molecular formula is C17H25ClN6O11P2. The molecule has 4 rings (SSSR count). The summed E-state index contributed by atoms with van der Waals surface area (Å²) < 4.78 is 41.6. The lowest BCUT2D eigenvalue weighted by Crippen LogP contribution is -2.33. The zero-order chi connectivity index (χ0) is 27.1. The van der Waals surface area contributed by atoms with E-state index in [0.717, 1.165) is 10.9 Å². The Morgan fingerprint density at radius 1 is 1.30 bits per heavy atom. The quantitative estimate of drug-likeness (QED) is 0.145. The number of aromatic amines is 1. The fourth-order valence-corrected chi connectivity index (χ4v) is 7.66. The van der Waals surface area contributed by atoms with Crippen LogP contribution in [0, 0.1) is 0 Å². The molecule has 2 fully saturated rings. The molecule has 2 aliphatic heterocycles.